The maximum absolute atomic E-state index is 14.4. The third-order valence-electron chi connectivity index (χ3n) is 12.8. The summed E-state index contributed by atoms with van der Waals surface area (Å²) in [6.07, 6.45) is 6.67. The minimum atomic E-state index is -0.980. The van der Waals surface area contributed by atoms with Crippen LogP contribution < -0.4 is 16.1 Å². The van der Waals surface area contributed by atoms with Crippen LogP contribution in [0.4, 0.5) is 0 Å². The number of rotatable bonds is 18. The summed E-state index contributed by atoms with van der Waals surface area (Å²) in [5.41, 5.74) is 9.90. The minimum Gasteiger partial charge on any atom is -0.508 e. The fourth-order valence-electron chi connectivity index (χ4n) is 9.56. The van der Waals surface area contributed by atoms with Crippen LogP contribution in [0.25, 0.3) is 33.3 Å². The Labute approximate surface area is 378 Å². The van der Waals surface area contributed by atoms with Gasteiger partial charge in [0.25, 0.3) is 12.4 Å². The van der Waals surface area contributed by atoms with Crippen molar-refractivity contribution >= 4 is 35.1 Å². The zero-order valence-electron chi connectivity index (χ0n) is 39.0. The fourth-order valence-corrected chi connectivity index (χ4v) is 9.56. The van der Waals surface area contributed by atoms with E-state index in [4.69, 9.17) is 14.5 Å². The highest BCUT2D eigenvalue weighted by molar-refractivity contribution is 5.96. The molecule has 2 aromatic heterocycles. The zero-order chi connectivity index (χ0) is 46.1. The summed E-state index contributed by atoms with van der Waals surface area (Å²) in [6, 6.07) is 13.8. The number of methoxy groups -OCH3 is 1. The topological polar surface area (TPSA) is 167 Å². The smallest absolute Gasteiger partial charge is 0.293 e. The van der Waals surface area contributed by atoms with E-state index < -0.39 is 23.4 Å². The van der Waals surface area contributed by atoms with Gasteiger partial charge in [0, 0.05) is 74.8 Å². The van der Waals surface area contributed by atoms with Gasteiger partial charge in [0.05, 0.1) is 30.0 Å². The van der Waals surface area contributed by atoms with E-state index in [1.807, 2.05) is 39.0 Å². The zero-order valence-corrected chi connectivity index (χ0v) is 39.0. The predicted molar refractivity (Wildman–Crippen MR) is 249 cm³/mol. The van der Waals surface area contributed by atoms with E-state index in [9.17, 15) is 24.3 Å². The second-order valence-electron chi connectivity index (χ2n) is 18.7. The summed E-state index contributed by atoms with van der Waals surface area (Å²) >= 11 is 0. The number of amides is 3. The third kappa shape index (κ3) is 11.1. The lowest BCUT2D eigenvalue weighted by Gasteiger charge is -2.35. The Morgan fingerprint density at radius 2 is 1.83 bits per heavy atom. The number of phenols is 1. The molecule has 4 aromatic rings. The SMILES string of the molecule is CCn1c(-c2cccnc2C(C)OC)c(CC(C)(C)COC=O)c2cc(-c3cc(O)cc(CC(NC(=O)C(C(C)C)N(C)C(=O)C4CCCCNC4)C(=O)N4CCCCN4)c3)ccc21. The number of hydrogen-bond donors (Lipinski definition) is 4. The number of aromatic nitrogens is 2. The first-order valence-electron chi connectivity index (χ1n) is 23.0. The van der Waals surface area contributed by atoms with Crippen LogP contribution in [0.1, 0.15) is 96.6 Å². The molecule has 0 radical (unpaired) electrons. The number of likely N-dealkylation sites (N-methyl/N-ethyl adjacent to an activating group) is 1. The number of benzene rings is 2. The molecule has 4 unspecified atom stereocenters. The molecule has 4 atom stereocenters. The number of nitrogens with one attached hydrogen (secondary N) is 3. The van der Waals surface area contributed by atoms with E-state index in [1.54, 1.807) is 42.4 Å². The van der Waals surface area contributed by atoms with Gasteiger partial charge < -0.3 is 34.7 Å². The van der Waals surface area contributed by atoms with Crippen LogP contribution in [0.5, 0.6) is 5.75 Å². The second kappa shape index (κ2) is 21.6. The molecule has 2 aromatic carbocycles. The van der Waals surface area contributed by atoms with Gasteiger partial charge in [-0.25, -0.2) is 5.43 Å². The molecule has 4 N–H and O–H groups in total. The summed E-state index contributed by atoms with van der Waals surface area (Å²) in [6.45, 7) is 16.1. The largest absolute Gasteiger partial charge is 0.508 e. The molecule has 14 nitrogen and oxygen atoms in total. The van der Waals surface area contributed by atoms with Crippen molar-refractivity contribution in [2.75, 3.05) is 46.9 Å². The molecule has 2 fully saturated rings. The summed E-state index contributed by atoms with van der Waals surface area (Å²) in [5.74, 6) is -1.17. The molecule has 0 bridgehead atoms. The van der Waals surface area contributed by atoms with Crippen LogP contribution in [-0.4, -0.2) is 108 Å². The van der Waals surface area contributed by atoms with E-state index in [2.05, 4.69) is 59.6 Å². The maximum atomic E-state index is 14.4. The molecule has 3 amide bonds. The molecular weight excluding hydrogens is 811 g/mol. The van der Waals surface area contributed by atoms with Crippen molar-refractivity contribution in [1.29, 1.82) is 0 Å². The van der Waals surface area contributed by atoms with E-state index in [0.717, 1.165) is 83.2 Å². The molecule has 0 saturated carbocycles. The van der Waals surface area contributed by atoms with Crippen LogP contribution in [0.2, 0.25) is 0 Å². The number of carbonyl (C=O) groups excluding carboxylic acids is 4. The molecule has 346 valence electrons. The quantitative estimate of drug-likeness (QED) is 0.0803. The van der Waals surface area contributed by atoms with Crippen molar-refractivity contribution in [3.05, 3.63) is 71.5 Å². The normalized spacial score (nSPS) is 17.4. The van der Waals surface area contributed by atoms with Crippen molar-refractivity contribution in [3.8, 4) is 28.1 Å². The van der Waals surface area contributed by atoms with Gasteiger partial charge in [0.15, 0.2) is 0 Å². The van der Waals surface area contributed by atoms with Crippen LogP contribution in [0.15, 0.2) is 54.7 Å². The van der Waals surface area contributed by atoms with Gasteiger partial charge in [0.1, 0.15) is 17.8 Å². The van der Waals surface area contributed by atoms with Crippen LogP contribution in [-0.2, 0) is 48.0 Å². The first kappa shape index (κ1) is 48.2. The average molecular weight is 880 g/mol. The first-order chi connectivity index (χ1) is 30.7. The van der Waals surface area contributed by atoms with E-state index >= 15 is 0 Å². The summed E-state index contributed by atoms with van der Waals surface area (Å²) in [5, 5.41) is 20.3. The van der Waals surface area contributed by atoms with Gasteiger partial charge in [-0.15, -0.1) is 0 Å². The standard InChI is InChI=1S/C50H69N7O7/c1-9-56-43-18-17-35(27-40(43)41(28-50(5,6)30-64-31-58)46(56)39-16-14-20-52-44(39)33(4)63-8)37-23-34(24-38(59)26-37)25-42(49(62)57-22-13-12-21-53-57)54-47(60)45(32(2)3)55(7)48(61)36-15-10-11-19-51-29-36/h14,16-18,20,23-24,26-27,31-33,36,42,45,51,53,59H,9-13,15,19,21-22,25,28-30H2,1-8H3,(H,54,60). The highest BCUT2D eigenvalue weighted by Crippen LogP contribution is 2.42. The van der Waals surface area contributed by atoms with E-state index in [1.165, 1.54) is 0 Å². The van der Waals surface area contributed by atoms with Crippen LogP contribution >= 0.6 is 0 Å². The Kier molecular flexibility index (Phi) is 16.2. The van der Waals surface area contributed by atoms with Crippen molar-refractivity contribution in [2.45, 2.75) is 111 Å². The predicted octanol–water partition coefficient (Wildman–Crippen LogP) is 6.57. The molecule has 0 aliphatic carbocycles. The number of hydrogen-bond acceptors (Lipinski definition) is 10. The Balaban J connectivity index is 1.39. The number of hydrazine groups is 1. The monoisotopic (exact) mass is 880 g/mol. The Morgan fingerprint density at radius 3 is 2.53 bits per heavy atom. The van der Waals surface area contributed by atoms with E-state index in [0.29, 0.717) is 44.6 Å². The molecule has 0 spiro atoms. The Hall–Kier alpha value is -5.31. The number of phenolic OH excluding ortho intramolecular Hbond substituents is 1. The van der Waals surface area contributed by atoms with Crippen molar-refractivity contribution in [2.24, 2.45) is 17.3 Å². The number of nitrogens with zero attached hydrogens (tertiary/aromatic N) is 4. The highest BCUT2D eigenvalue weighted by atomic mass is 16.5. The van der Waals surface area contributed by atoms with Gasteiger partial charge >= 0.3 is 0 Å². The molecule has 14 heteroatoms. The third-order valence-corrected chi connectivity index (χ3v) is 12.8. The number of ether oxygens (including phenoxy) is 2. The van der Waals surface area contributed by atoms with Crippen LogP contribution in [0.3, 0.4) is 0 Å². The summed E-state index contributed by atoms with van der Waals surface area (Å²) < 4.78 is 13.4. The minimum absolute atomic E-state index is 0.0244. The van der Waals surface area contributed by atoms with Gasteiger partial charge in [-0.3, -0.25) is 29.2 Å². The number of fused-ring (bicyclic) bond motifs is 1. The molecule has 2 aliphatic heterocycles. The van der Waals surface area contributed by atoms with Gasteiger partial charge in [-0.1, -0.05) is 46.2 Å². The lowest BCUT2D eigenvalue weighted by molar-refractivity contribution is -0.146. The lowest BCUT2D eigenvalue weighted by Crippen LogP contribution is -2.60. The second-order valence-corrected chi connectivity index (χ2v) is 18.7. The molecule has 6 rings (SSSR count). The Morgan fingerprint density at radius 1 is 1.05 bits per heavy atom. The van der Waals surface area contributed by atoms with Crippen molar-refractivity contribution in [3.63, 3.8) is 0 Å². The number of aryl methyl sites for hydroxylation is 1. The lowest BCUT2D eigenvalue weighted by atomic mass is 9.84. The number of aromatic hydroxyl groups is 1. The Bertz CT molecular complexity index is 2260. The van der Waals surface area contributed by atoms with Gasteiger partial charge in [-0.05, 0) is 117 Å². The molecule has 2 aliphatic rings. The molecule has 64 heavy (non-hydrogen) atoms. The fraction of sp³-hybridized carbons (Fsp3) is 0.540. The first-order valence-corrected chi connectivity index (χ1v) is 23.0. The molecule has 2 saturated heterocycles. The van der Waals surface area contributed by atoms with Gasteiger partial charge in [0.2, 0.25) is 11.8 Å². The van der Waals surface area contributed by atoms with Gasteiger partial charge in [-0.2, -0.15) is 0 Å². The highest BCUT2D eigenvalue weighted by Gasteiger charge is 2.37. The van der Waals surface area contributed by atoms with Crippen molar-refractivity contribution in [1.82, 2.24) is 35.5 Å². The van der Waals surface area contributed by atoms with Crippen molar-refractivity contribution < 1.29 is 33.8 Å². The maximum Gasteiger partial charge on any atom is 0.293 e. The molecular formula is C50H69N7O7. The number of carbonyl (C=O) groups is 4. The van der Waals surface area contributed by atoms with Crippen LogP contribution in [0, 0.1) is 17.3 Å². The average Bonchev–Trinajstić information content (AvgIpc) is 3.39. The number of pyridine rings is 1. The summed E-state index contributed by atoms with van der Waals surface area (Å²) in [7, 11) is 3.37. The van der Waals surface area contributed by atoms with E-state index in [-0.39, 0.29) is 48.5 Å². The molecule has 4 heterocycles. The summed E-state index contributed by atoms with van der Waals surface area (Å²) in [4.78, 5) is 60.2.